The van der Waals surface area contributed by atoms with Gasteiger partial charge in [0.1, 0.15) is 0 Å². The Balaban J connectivity index is 2.50. The van der Waals surface area contributed by atoms with Gasteiger partial charge in [0, 0.05) is 24.2 Å². The summed E-state index contributed by atoms with van der Waals surface area (Å²) in [6.07, 6.45) is 2.58. The number of benzene rings is 1. The van der Waals surface area contributed by atoms with E-state index in [9.17, 15) is 4.79 Å². The number of hydrogen-bond donors (Lipinski definition) is 1. The first-order chi connectivity index (χ1) is 8.45. The van der Waals surface area contributed by atoms with Gasteiger partial charge in [0.25, 0.3) is 0 Å². The van der Waals surface area contributed by atoms with Gasteiger partial charge in [0.2, 0.25) is 5.91 Å². The number of fused-ring (bicyclic) bond motifs is 1. The van der Waals surface area contributed by atoms with E-state index in [0.29, 0.717) is 6.42 Å². The topological polar surface area (TPSA) is 46.3 Å². The van der Waals surface area contributed by atoms with Crippen molar-refractivity contribution in [2.45, 2.75) is 45.6 Å². The number of carbonyl (C=O) groups is 1. The molecule has 1 aromatic rings. The lowest BCUT2D eigenvalue weighted by Gasteiger charge is -2.33. The molecule has 0 saturated carbocycles. The van der Waals surface area contributed by atoms with Gasteiger partial charge in [-0.05, 0) is 43.9 Å². The molecule has 3 heteroatoms. The predicted molar refractivity (Wildman–Crippen MR) is 74.6 cm³/mol. The highest BCUT2D eigenvalue weighted by atomic mass is 16.2. The van der Waals surface area contributed by atoms with E-state index in [1.165, 1.54) is 5.56 Å². The van der Waals surface area contributed by atoms with E-state index in [4.69, 9.17) is 5.73 Å². The number of nitrogens with two attached hydrogens (primary N) is 1. The Kier molecular flexibility index (Phi) is 3.44. The Morgan fingerprint density at radius 1 is 1.44 bits per heavy atom. The number of anilines is 1. The molecule has 1 heterocycles. The highest BCUT2D eigenvalue weighted by molar-refractivity contribution is 5.94. The molecule has 3 nitrogen and oxygen atoms in total. The van der Waals surface area contributed by atoms with Crippen molar-refractivity contribution < 1.29 is 4.79 Å². The molecule has 2 rings (SSSR count). The average molecular weight is 246 g/mol. The van der Waals surface area contributed by atoms with Crippen molar-refractivity contribution in [3.8, 4) is 0 Å². The summed E-state index contributed by atoms with van der Waals surface area (Å²) in [5.41, 5.74) is 9.34. The number of carbonyl (C=O) groups excluding carboxylic acids is 1. The monoisotopic (exact) mass is 246 g/mol. The largest absolute Gasteiger partial charge is 0.322 e. The molecule has 18 heavy (non-hydrogen) atoms. The van der Waals surface area contributed by atoms with Crippen molar-refractivity contribution in [1.29, 1.82) is 0 Å². The summed E-state index contributed by atoms with van der Waals surface area (Å²) in [6, 6.07) is 6.13. The second kappa shape index (κ2) is 4.73. The molecule has 0 radical (unpaired) electrons. The first kappa shape index (κ1) is 13.1. The van der Waals surface area contributed by atoms with Crippen LogP contribution in [0.15, 0.2) is 18.2 Å². The molecule has 1 aromatic carbocycles. The SMILES string of the molecule is CCC(=O)N1CCCc2c1cccc2C(C)(C)N. The molecule has 1 aliphatic heterocycles. The minimum atomic E-state index is -0.358. The molecular formula is C15H22N2O. The van der Waals surface area contributed by atoms with Crippen LogP contribution in [0.2, 0.25) is 0 Å². The molecule has 0 aromatic heterocycles. The molecule has 0 fully saturated rings. The Bertz CT molecular complexity index is 460. The summed E-state index contributed by atoms with van der Waals surface area (Å²) in [6.45, 7) is 6.77. The molecule has 1 amide bonds. The summed E-state index contributed by atoms with van der Waals surface area (Å²) < 4.78 is 0. The molecule has 0 spiro atoms. The fraction of sp³-hybridized carbons (Fsp3) is 0.533. The quantitative estimate of drug-likeness (QED) is 0.871. The third kappa shape index (κ3) is 2.27. The Labute approximate surface area is 109 Å². The molecular weight excluding hydrogens is 224 g/mol. The van der Waals surface area contributed by atoms with Crippen LogP contribution in [0.25, 0.3) is 0 Å². The van der Waals surface area contributed by atoms with Gasteiger partial charge in [-0.2, -0.15) is 0 Å². The van der Waals surface area contributed by atoms with Gasteiger partial charge < -0.3 is 10.6 Å². The van der Waals surface area contributed by atoms with Crippen molar-refractivity contribution in [3.63, 3.8) is 0 Å². The third-order valence-electron chi connectivity index (χ3n) is 3.55. The second-order valence-electron chi connectivity index (χ2n) is 5.53. The summed E-state index contributed by atoms with van der Waals surface area (Å²) in [5.74, 6) is 0.197. The summed E-state index contributed by atoms with van der Waals surface area (Å²) in [7, 11) is 0. The van der Waals surface area contributed by atoms with Crippen LogP contribution in [0.3, 0.4) is 0 Å². The fourth-order valence-electron chi connectivity index (χ4n) is 2.68. The minimum Gasteiger partial charge on any atom is -0.322 e. The highest BCUT2D eigenvalue weighted by Crippen LogP contribution is 2.34. The first-order valence-corrected chi connectivity index (χ1v) is 6.66. The van der Waals surface area contributed by atoms with Gasteiger partial charge in [-0.1, -0.05) is 19.1 Å². The van der Waals surface area contributed by atoms with E-state index < -0.39 is 0 Å². The molecule has 98 valence electrons. The Morgan fingerprint density at radius 2 is 2.17 bits per heavy atom. The van der Waals surface area contributed by atoms with Crippen LogP contribution in [0, 0.1) is 0 Å². The number of nitrogens with zero attached hydrogens (tertiary/aromatic N) is 1. The van der Waals surface area contributed by atoms with E-state index in [1.807, 2.05) is 37.8 Å². The number of amides is 1. The molecule has 0 atom stereocenters. The lowest BCUT2D eigenvalue weighted by Crippen LogP contribution is -2.37. The molecule has 0 aliphatic carbocycles. The molecule has 0 bridgehead atoms. The Hall–Kier alpha value is -1.35. The zero-order valence-electron chi connectivity index (χ0n) is 11.5. The van der Waals surface area contributed by atoms with E-state index in [1.54, 1.807) is 0 Å². The second-order valence-corrected chi connectivity index (χ2v) is 5.53. The maximum Gasteiger partial charge on any atom is 0.226 e. The van der Waals surface area contributed by atoms with Gasteiger partial charge in [-0.25, -0.2) is 0 Å². The van der Waals surface area contributed by atoms with Crippen molar-refractivity contribution in [2.24, 2.45) is 5.73 Å². The normalized spacial score (nSPS) is 15.4. The third-order valence-corrected chi connectivity index (χ3v) is 3.55. The highest BCUT2D eigenvalue weighted by Gasteiger charge is 2.27. The predicted octanol–water partition coefficient (Wildman–Crippen LogP) is 2.57. The zero-order chi connectivity index (χ0) is 13.3. The van der Waals surface area contributed by atoms with Crippen LogP contribution in [0.5, 0.6) is 0 Å². The number of rotatable bonds is 2. The minimum absolute atomic E-state index is 0.197. The van der Waals surface area contributed by atoms with E-state index >= 15 is 0 Å². The van der Waals surface area contributed by atoms with Crippen molar-refractivity contribution in [2.75, 3.05) is 11.4 Å². The van der Waals surface area contributed by atoms with E-state index in [-0.39, 0.29) is 11.4 Å². The zero-order valence-corrected chi connectivity index (χ0v) is 11.5. The molecule has 2 N–H and O–H groups in total. The van der Waals surface area contributed by atoms with Crippen LogP contribution in [-0.4, -0.2) is 12.5 Å². The van der Waals surface area contributed by atoms with Crippen LogP contribution < -0.4 is 10.6 Å². The average Bonchev–Trinajstić information content (AvgIpc) is 2.35. The molecule has 0 saturated heterocycles. The fourth-order valence-corrected chi connectivity index (χ4v) is 2.68. The number of hydrogen-bond acceptors (Lipinski definition) is 2. The van der Waals surface area contributed by atoms with Crippen LogP contribution >= 0.6 is 0 Å². The standard InChI is InChI=1S/C15H22N2O/c1-4-14(18)17-10-6-7-11-12(15(2,3)16)8-5-9-13(11)17/h5,8-9H,4,6-7,10,16H2,1-3H3. The van der Waals surface area contributed by atoms with Gasteiger partial charge >= 0.3 is 0 Å². The van der Waals surface area contributed by atoms with E-state index in [2.05, 4.69) is 6.07 Å². The lowest BCUT2D eigenvalue weighted by atomic mass is 9.86. The van der Waals surface area contributed by atoms with Gasteiger partial charge in [0.05, 0.1) is 0 Å². The van der Waals surface area contributed by atoms with Gasteiger partial charge in [-0.3, -0.25) is 4.79 Å². The van der Waals surface area contributed by atoms with Crippen molar-refractivity contribution in [1.82, 2.24) is 0 Å². The van der Waals surface area contributed by atoms with Crippen LogP contribution in [0.1, 0.15) is 44.7 Å². The summed E-state index contributed by atoms with van der Waals surface area (Å²) in [5, 5.41) is 0. The summed E-state index contributed by atoms with van der Waals surface area (Å²) in [4.78, 5) is 13.9. The van der Waals surface area contributed by atoms with Crippen molar-refractivity contribution in [3.05, 3.63) is 29.3 Å². The smallest absolute Gasteiger partial charge is 0.226 e. The molecule has 1 aliphatic rings. The molecule has 0 unspecified atom stereocenters. The van der Waals surface area contributed by atoms with Gasteiger partial charge in [-0.15, -0.1) is 0 Å². The maximum atomic E-state index is 12.0. The van der Waals surface area contributed by atoms with E-state index in [0.717, 1.165) is 30.6 Å². The van der Waals surface area contributed by atoms with Crippen LogP contribution in [-0.2, 0) is 16.8 Å². The Morgan fingerprint density at radius 3 is 2.78 bits per heavy atom. The van der Waals surface area contributed by atoms with Crippen LogP contribution in [0.4, 0.5) is 5.69 Å². The maximum absolute atomic E-state index is 12.0. The van der Waals surface area contributed by atoms with Crippen molar-refractivity contribution >= 4 is 11.6 Å². The summed E-state index contributed by atoms with van der Waals surface area (Å²) >= 11 is 0. The lowest BCUT2D eigenvalue weighted by molar-refractivity contribution is -0.118. The first-order valence-electron chi connectivity index (χ1n) is 6.66. The van der Waals surface area contributed by atoms with Gasteiger partial charge in [0.15, 0.2) is 0 Å².